The molecule has 0 atom stereocenters. The first-order valence-electron chi connectivity index (χ1n) is 5.22. The molecule has 0 saturated heterocycles. The predicted molar refractivity (Wildman–Crippen MR) is 70.6 cm³/mol. The fourth-order valence-electron chi connectivity index (χ4n) is 1.58. The van der Waals surface area contributed by atoms with Gasteiger partial charge in [0.05, 0.1) is 11.3 Å². The van der Waals surface area contributed by atoms with Crippen LogP contribution in [0.25, 0.3) is 0 Å². The van der Waals surface area contributed by atoms with Gasteiger partial charge in [0.2, 0.25) is 0 Å². The van der Waals surface area contributed by atoms with Gasteiger partial charge in [0.1, 0.15) is 6.07 Å². The Morgan fingerprint density at radius 2 is 2.00 bits per heavy atom. The molecule has 0 radical (unpaired) electrons. The maximum atomic E-state index is 9.03. The fraction of sp³-hybridized carbons (Fsp3) is 0.0714. The Morgan fingerprint density at radius 1 is 1.18 bits per heavy atom. The highest BCUT2D eigenvalue weighted by Gasteiger charge is 2.02. The molecule has 0 bridgehead atoms. The first-order valence-corrected chi connectivity index (χ1v) is 5.60. The SMILES string of the molecule is Cc1ccc(C#N)c(Nc2cccc(Cl)c2)c1. The van der Waals surface area contributed by atoms with Gasteiger partial charge < -0.3 is 5.32 Å². The molecule has 17 heavy (non-hydrogen) atoms. The lowest BCUT2D eigenvalue weighted by Crippen LogP contribution is -1.94. The van der Waals surface area contributed by atoms with Crippen molar-refractivity contribution in [2.24, 2.45) is 0 Å². The summed E-state index contributed by atoms with van der Waals surface area (Å²) >= 11 is 5.91. The van der Waals surface area contributed by atoms with Gasteiger partial charge in [0, 0.05) is 10.7 Å². The van der Waals surface area contributed by atoms with E-state index in [0.29, 0.717) is 10.6 Å². The van der Waals surface area contributed by atoms with Crippen molar-refractivity contribution in [1.29, 1.82) is 5.26 Å². The molecule has 2 aromatic carbocycles. The number of halogens is 1. The zero-order chi connectivity index (χ0) is 12.3. The summed E-state index contributed by atoms with van der Waals surface area (Å²) in [5.74, 6) is 0. The minimum absolute atomic E-state index is 0.621. The molecular weight excluding hydrogens is 232 g/mol. The minimum Gasteiger partial charge on any atom is -0.354 e. The van der Waals surface area contributed by atoms with E-state index in [9.17, 15) is 0 Å². The van der Waals surface area contributed by atoms with Crippen LogP contribution in [-0.2, 0) is 0 Å². The monoisotopic (exact) mass is 242 g/mol. The van der Waals surface area contributed by atoms with Crippen LogP contribution in [0.4, 0.5) is 11.4 Å². The van der Waals surface area contributed by atoms with Gasteiger partial charge in [-0.05, 0) is 42.8 Å². The van der Waals surface area contributed by atoms with E-state index in [0.717, 1.165) is 16.9 Å². The molecule has 1 N–H and O–H groups in total. The molecule has 84 valence electrons. The van der Waals surface area contributed by atoms with Gasteiger partial charge >= 0.3 is 0 Å². The lowest BCUT2D eigenvalue weighted by atomic mass is 10.1. The van der Waals surface area contributed by atoms with Crippen LogP contribution in [0.3, 0.4) is 0 Å². The second-order valence-electron chi connectivity index (χ2n) is 3.80. The molecule has 0 saturated carbocycles. The summed E-state index contributed by atoms with van der Waals surface area (Å²) in [6, 6.07) is 15.2. The second-order valence-corrected chi connectivity index (χ2v) is 4.23. The zero-order valence-corrected chi connectivity index (χ0v) is 10.1. The van der Waals surface area contributed by atoms with Crippen LogP contribution < -0.4 is 5.32 Å². The number of nitrogens with zero attached hydrogens (tertiary/aromatic N) is 1. The number of rotatable bonds is 2. The van der Waals surface area contributed by atoms with Gasteiger partial charge in [-0.1, -0.05) is 23.7 Å². The van der Waals surface area contributed by atoms with Gasteiger partial charge in [0.15, 0.2) is 0 Å². The van der Waals surface area contributed by atoms with Crippen LogP contribution in [0.2, 0.25) is 5.02 Å². The predicted octanol–water partition coefficient (Wildman–Crippen LogP) is 4.26. The lowest BCUT2D eigenvalue weighted by molar-refractivity contribution is 1.41. The van der Waals surface area contributed by atoms with Crippen molar-refractivity contribution in [2.75, 3.05) is 5.32 Å². The Morgan fingerprint density at radius 3 is 2.71 bits per heavy atom. The van der Waals surface area contributed by atoms with Crippen LogP contribution in [-0.4, -0.2) is 0 Å². The van der Waals surface area contributed by atoms with Crippen molar-refractivity contribution in [3.8, 4) is 6.07 Å². The van der Waals surface area contributed by atoms with E-state index in [1.807, 2.05) is 49.4 Å². The summed E-state index contributed by atoms with van der Waals surface area (Å²) in [5, 5.41) is 12.9. The molecule has 0 amide bonds. The van der Waals surface area contributed by atoms with E-state index in [1.165, 1.54) is 0 Å². The molecule has 0 unspecified atom stereocenters. The van der Waals surface area contributed by atoms with Crippen molar-refractivity contribution in [3.63, 3.8) is 0 Å². The molecule has 0 aliphatic rings. The molecular formula is C14H11ClN2. The maximum absolute atomic E-state index is 9.03. The molecule has 3 heteroatoms. The molecule has 0 aliphatic heterocycles. The molecule has 0 aromatic heterocycles. The zero-order valence-electron chi connectivity index (χ0n) is 9.37. The van der Waals surface area contributed by atoms with Crippen molar-refractivity contribution in [3.05, 3.63) is 58.6 Å². The third-order valence-corrected chi connectivity index (χ3v) is 2.63. The highest BCUT2D eigenvalue weighted by Crippen LogP contribution is 2.23. The number of aryl methyl sites for hydroxylation is 1. The number of hydrogen-bond donors (Lipinski definition) is 1. The summed E-state index contributed by atoms with van der Waals surface area (Å²) in [4.78, 5) is 0. The number of nitriles is 1. The number of hydrogen-bond acceptors (Lipinski definition) is 2. The highest BCUT2D eigenvalue weighted by molar-refractivity contribution is 6.30. The minimum atomic E-state index is 0.621. The highest BCUT2D eigenvalue weighted by atomic mass is 35.5. The van der Waals surface area contributed by atoms with E-state index in [4.69, 9.17) is 16.9 Å². The third kappa shape index (κ3) is 2.77. The Hall–Kier alpha value is -1.98. The smallest absolute Gasteiger partial charge is 0.101 e. The largest absolute Gasteiger partial charge is 0.354 e. The number of nitrogens with one attached hydrogen (secondary N) is 1. The average Bonchev–Trinajstić information content (AvgIpc) is 2.29. The van der Waals surface area contributed by atoms with E-state index in [-0.39, 0.29) is 0 Å². The Bertz CT molecular complexity index is 585. The molecule has 0 heterocycles. The quantitative estimate of drug-likeness (QED) is 0.854. The van der Waals surface area contributed by atoms with Crippen molar-refractivity contribution in [2.45, 2.75) is 6.92 Å². The molecule has 2 rings (SSSR count). The lowest BCUT2D eigenvalue weighted by Gasteiger charge is -2.09. The normalized spacial score (nSPS) is 9.71. The van der Waals surface area contributed by atoms with Gasteiger partial charge in [-0.15, -0.1) is 0 Å². The molecule has 0 spiro atoms. The van der Waals surface area contributed by atoms with Crippen molar-refractivity contribution < 1.29 is 0 Å². The van der Waals surface area contributed by atoms with Crippen molar-refractivity contribution in [1.82, 2.24) is 0 Å². The Labute approximate surface area is 105 Å². The van der Waals surface area contributed by atoms with E-state index < -0.39 is 0 Å². The van der Waals surface area contributed by atoms with Crippen LogP contribution in [0.1, 0.15) is 11.1 Å². The Balaban J connectivity index is 2.36. The number of benzene rings is 2. The van der Waals surface area contributed by atoms with Gasteiger partial charge in [-0.2, -0.15) is 5.26 Å². The van der Waals surface area contributed by atoms with Gasteiger partial charge in [-0.3, -0.25) is 0 Å². The molecule has 0 fully saturated rings. The van der Waals surface area contributed by atoms with Crippen LogP contribution >= 0.6 is 11.6 Å². The summed E-state index contributed by atoms with van der Waals surface area (Å²) in [5.41, 5.74) is 3.40. The van der Waals surface area contributed by atoms with Gasteiger partial charge in [-0.25, -0.2) is 0 Å². The summed E-state index contributed by atoms with van der Waals surface area (Å²) in [6.45, 7) is 1.99. The van der Waals surface area contributed by atoms with Crippen LogP contribution in [0, 0.1) is 18.3 Å². The number of anilines is 2. The van der Waals surface area contributed by atoms with Crippen LogP contribution in [0.15, 0.2) is 42.5 Å². The maximum Gasteiger partial charge on any atom is 0.101 e. The van der Waals surface area contributed by atoms with E-state index in [2.05, 4.69) is 11.4 Å². The fourth-order valence-corrected chi connectivity index (χ4v) is 1.77. The van der Waals surface area contributed by atoms with Crippen molar-refractivity contribution >= 4 is 23.0 Å². The first-order chi connectivity index (χ1) is 8.19. The average molecular weight is 243 g/mol. The topological polar surface area (TPSA) is 35.8 Å². The van der Waals surface area contributed by atoms with Crippen LogP contribution in [0.5, 0.6) is 0 Å². The van der Waals surface area contributed by atoms with E-state index in [1.54, 1.807) is 0 Å². The third-order valence-electron chi connectivity index (χ3n) is 2.40. The molecule has 2 nitrogen and oxygen atoms in total. The summed E-state index contributed by atoms with van der Waals surface area (Å²) in [7, 11) is 0. The van der Waals surface area contributed by atoms with E-state index >= 15 is 0 Å². The Kier molecular flexibility index (Phi) is 3.32. The molecule has 0 aliphatic carbocycles. The second kappa shape index (κ2) is 4.90. The molecule has 2 aromatic rings. The standard InChI is InChI=1S/C14H11ClN2/c1-10-5-6-11(9-16)14(7-10)17-13-4-2-3-12(15)8-13/h2-8,17H,1H3. The summed E-state index contributed by atoms with van der Waals surface area (Å²) in [6.07, 6.45) is 0. The summed E-state index contributed by atoms with van der Waals surface area (Å²) < 4.78 is 0. The van der Waals surface area contributed by atoms with Gasteiger partial charge in [0.25, 0.3) is 0 Å². The first kappa shape index (κ1) is 11.5.